The summed E-state index contributed by atoms with van der Waals surface area (Å²) >= 11 is 9.92. The smallest absolute Gasteiger partial charge is 0.272 e. The average molecular weight is 440 g/mol. The molecule has 3 aromatic carbocycles. The number of hydrogen-bond donors (Lipinski definition) is 3. The Morgan fingerprint density at radius 3 is 2.59 bits per heavy atom. The fourth-order valence-corrected chi connectivity index (χ4v) is 4.39. The highest BCUT2D eigenvalue weighted by Gasteiger charge is 2.18. The molecule has 0 saturated carbocycles. The van der Waals surface area contributed by atoms with Gasteiger partial charge in [0.2, 0.25) is 0 Å². The van der Waals surface area contributed by atoms with E-state index >= 15 is 0 Å². The lowest BCUT2D eigenvalue weighted by atomic mass is 9.95. The van der Waals surface area contributed by atoms with E-state index in [1.54, 1.807) is 12.3 Å². The maximum absolute atomic E-state index is 12.7. The monoisotopic (exact) mass is 438 g/mol. The number of fused-ring (bicyclic) bond motifs is 4. The van der Waals surface area contributed by atoms with Crippen molar-refractivity contribution in [1.29, 1.82) is 0 Å². The van der Waals surface area contributed by atoms with Gasteiger partial charge in [-0.1, -0.05) is 57.9 Å². The minimum Gasteiger partial charge on any atom is -0.394 e. The van der Waals surface area contributed by atoms with Crippen molar-refractivity contribution in [2.45, 2.75) is 0 Å². The van der Waals surface area contributed by atoms with Gasteiger partial charge in [-0.3, -0.25) is 9.89 Å². The van der Waals surface area contributed by atoms with E-state index in [1.807, 2.05) is 36.4 Å². The Bertz CT molecular complexity index is 1440. The van der Waals surface area contributed by atoms with E-state index in [0.29, 0.717) is 16.1 Å². The quantitative estimate of drug-likeness (QED) is 0.313. The lowest BCUT2D eigenvalue weighted by molar-refractivity contribution is 1.12. The number of benzene rings is 3. The number of aromatic nitrogens is 3. The second-order valence-corrected chi connectivity index (χ2v) is 7.58. The summed E-state index contributed by atoms with van der Waals surface area (Å²) in [5.41, 5.74) is 9.02. The molecule has 0 saturated heterocycles. The molecule has 5 aromatic rings. The Kier molecular flexibility index (Phi) is 3.54. The van der Waals surface area contributed by atoms with Gasteiger partial charge in [-0.25, -0.2) is 0 Å². The van der Waals surface area contributed by atoms with Gasteiger partial charge in [0.05, 0.1) is 22.3 Å². The molecule has 0 bridgehead atoms. The van der Waals surface area contributed by atoms with Crippen LogP contribution in [0.15, 0.2) is 57.9 Å². The van der Waals surface area contributed by atoms with E-state index in [2.05, 4.69) is 31.1 Å². The predicted molar refractivity (Wildman–Crippen MR) is 114 cm³/mol. The fraction of sp³-hybridized carbons (Fsp3) is 0. The summed E-state index contributed by atoms with van der Waals surface area (Å²) in [7, 11) is 0. The van der Waals surface area contributed by atoms with E-state index in [-0.39, 0.29) is 11.2 Å². The molecule has 4 N–H and O–H groups in total. The molecule has 0 aliphatic heterocycles. The molecule has 2 heterocycles. The van der Waals surface area contributed by atoms with Crippen LogP contribution < -0.4 is 11.3 Å². The lowest BCUT2D eigenvalue weighted by Gasteiger charge is -2.14. The van der Waals surface area contributed by atoms with Gasteiger partial charge >= 0.3 is 0 Å². The number of nitrogen functional groups attached to an aromatic ring is 1. The van der Waals surface area contributed by atoms with Crippen molar-refractivity contribution < 1.29 is 0 Å². The summed E-state index contributed by atoms with van der Waals surface area (Å²) in [6, 6.07) is 13.5. The zero-order chi connectivity index (χ0) is 18.7. The Balaban J connectivity index is 2.03. The first kappa shape index (κ1) is 16.4. The molecule has 2 aromatic heterocycles. The maximum Gasteiger partial charge on any atom is 0.272 e. The van der Waals surface area contributed by atoms with E-state index in [1.165, 1.54) is 0 Å². The summed E-state index contributed by atoms with van der Waals surface area (Å²) in [5, 5.41) is 11.2. The highest BCUT2D eigenvalue weighted by molar-refractivity contribution is 9.10. The largest absolute Gasteiger partial charge is 0.394 e. The van der Waals surface area contributed by atoms with Crippen LogP contribution >= 0.6 is 27.5 Å². The molecule has 27 heavy (non-hydrogen) atoms. The van der Waals surface area contributed by atoms with Gasteiger partial charge in [-0.05, 0) is 23.1 Å². The fourth-order valence-electron chi connectivity index (χ4n) is 3.61. The van der Waals surface area contributed by atoms with Crippen LogP contribution in [-0.4, -0.2) is 15.2 Å². The van der Waals surface area contributed by atoms with E-state index < -0.39 is 0 Å². The molecule has 0 aliphatic rings. The van der Waals surface area contributed by atoms with Crippen LogP contribution in [0.1, 0.15) is 0 Å². The summed E-state index contributed by atoms with van der Waals surface area (Å²) in [4.78, 5) is 15.6. The Morgan fingerprint density at radius 1 is 1.00 bits per heavy atom. The number of H-pyrrole nitrogens is 2. The summed E-state index contributed by atoms with van der Waals surface area (Å²) in [6.45, 7) is 0. The van der Waals surface area contributed by atoms with E-state index in [0.717, 1.165) is 37.1 Å². The number of nitrogens with one attached hydrogen (secondary N) is 2. The number of hydrogen-bond acceptors (Lipinski definition) is 3. The molecular weight excluding hydrogens is 428 g/mol. The topological polar surface area (TPSA) is 87.6 Å². The van der Waals surface area contributed by atoms with Crippen LogP contribution in [-0.2, 0) is 0 Å². The predicted octanol–water partition coefficient (Wildman–Crippen LogP) is 5.22. The minimum absolute atomic E-state index is 0.162. The zero-order valence-corrected chi connectivity index (χ0v) is 16.1. The molecule has 5 rings (SSSR count). The number of anilines is 1. The van der Waals surface area contributed by atoms with E-state index in [4.69, 9.17) is 17.3 Å². The number of halogens is 2. The van der Waals surface area contributed by atoms with Crippen molar-refractivity contribution >= 4 is 65.8 Å². The SMILES string of the molecule is Nc1c(-c2ccc(Cl)c3[nH]ncc23)c2cc(Br)c3ccccc3c2[nH]c1=O. The van der Waals surface area contributed by atoms with Crippen LogP contribution in [0.4, 0.5) is 5.69 Å². The van der Waals surface area contributed by atoms with Crippen molar-refractivity contribution in [3.63, 3.8) is 0 Å². The molecule has 0 aliphatic carbocycles. The molecule has 0 amide bonds. The van der Waals surface area contributed by atoms with Crippen LogP contribution in [0.2, 0.25) is 5.02 Å². The molecular formula is C20H12BrClN4O. The molecule has 0 atom stereocenters. The maximum atomic E-state index is 12.7. The summed E-state index contributed by atoms with van der Waals surface area (Å²) in [5.74, 6) is 0. The van der Waals surface area contributed by atoms with Gasteiger partial charge in [0, 0.05) is 26.2 Å². The first-order valence-electron chi connectivity index (χ1n) is 8.21. The first-order chi connectivity index (χ1) is 13.1. The highest BCUT2D eigenvalue weighted by Crippen LogP contribution is 2.40. The molecule has 0 spiro atoms. The van der Waals surface area contributed by atoms with Crippen molar-refractivity contribution in [2.75, 3.05) is 5.73 Å². The van der Waals surface area contributed by atoms with Gasteiger partial charge in [-0.2, -0.15) is 5.10 Å². The van der Waals surface area contributed by atoms with Gasteiger partial charge in [-0.15, -0.1) is 0 Å². The normalized spacial score (nSPS) is 11.6. The molecule has 7 heteroatoms. The second-order valence-electron chi connectivity index (χ2n) is 6.32. The van der Waals surface area contributed by atoms with Crippen LogP contribution in [0, 0.1) is 0 Å². The molecule has 0 unspecified atom stereocenters. The number of aromatic amines is 2. The minimum atomic E-state index is -0.323. The van der Waals surface area contributed by atoms with Gasteiger partial charge in [0.1, 0.15) is 5.69 Å². The first-order valence-corrected chi connectivity index (χ1v) is 9.38. The van der Waals surface area contributed by atoms with Crippen LogP contribution in [0.25, 0.3) is 43.7 Å². The van der Waals surface area contributed by atoms with E-state index in [9.17, 15) is 4.79 Å². The van der Waals surface area contributed by atoms with Crippen LogP contribution in [0.3, 0.4) is 0 Å². The number of nitrogens with zero attached hydrogens (tertiary/aromatic N) is 1. The zero-order valence-electron chi connectivity index (χ0n) is 13.8. The number of pyridine rings is 1. The van der Waals surface area contributed by atoms with Crippen LogP contribution in [0.5, 0.6) is 0 Å². The average Bonchev–Trinajstić information content (AvgIpc) is 3.16. The molecule has 0 radical (unpaired) electrons. The summed E-state index contributed by atoms with van der Waals surface area (Å²) in [6.07, 6.45) is 1.69. The van der Waals surface area contributed by atoms with Crippen molar-refractivity contribution in [1.82, 2.24) is 15.2 Å². The Morgan fingerprint density at radius 2 is 1.78 bits per heavy atom. The third kappa shape index (κ3) is 2.30. The molecule has 5 nitrogen and oxygen atoms in total. The van der Waals surface area contributed by atoms with Gasteiger partial charge in [0.15, 0.2) is 0 Å². The van der Waals surface area contributed by atoms with Crippen molar-refractivity contribution in [2.24, 2.45) is 0 Å². The van der Waals surface area contributed by atoms with Gasteiger partial charge in [0.25, 0.3) is 5.56 Å². The third-order valence-electron chi connectivity index (χ3n) is 4.85. The molecule has 0 fully saturated rings. The number of rotatable bonds is 1. The second kappa shape index (κ2) is 5.84. The van der Waals surface area contributed by atoms with Gasteiger partial charge < -0.3 is 10.7 Å². The Labute approximate surface area is 166 Å². The Hall–Kier alpha value is -2.83. The summed E-state index contributed by atoms with van der Waals surface area (Å²) < 4.78 is 0.927. The standard InChI is InChI=1S/C20H12BrClN4O/c21-14-7-12-16(10-5-6-15(22)19-13(10)8-24-26-19)17(23)20(27)25-18(12)11-4-2-1-3-9(11)14/h1-8H,23H2,(H,24,26)(H,25,27). The third-order valence-corrected chi connectivity index (χ3v) is 5.82. The highest BCUT2D eigenvalue weighted by atomic mass is 79.9. The lowest BCUT2D eigenvalue weighted by Crippen LogP contribution is -2.13. The molecule has 132 valence electrons. The number of nitrogens with two attached hydrogens (primary N) is 1. The van der Waals surface area contributed by atoms with Crippen molar-refractivity contribution in [3.05, 3.63) is 68.5 Å². The van der Waals surface area contributed by atoms with Crippen molar-refractivity contribution in [3.8, 4) is 11.1 Å².